The first-order valence-electron chi connectivity index (χ1n) is 4.14. The molecule has 0 saturated heterocycles. The smallest absolute Gasteiger partial charge is 0.347 e. The summed E-state index contributed by atoms with van der Waals surface area (Å²) in [6.07, 6.45) is -4.97. The highest BCUT2D eigenvalue weighted by atomic mass is 32.2. The van der Waals surface area contributed by atoms with Gasteiger partial charge in [-0.1, -0.05) is 0 Å². The van der Waals surface area contributed by atoms with E-state index in [9.17, 15) is 26.4 Å². The third kappa shape index (κ3) is 5.01. The number of nitrogens with one attached hydrogen (secondary N) is 1. The second-order valence-corrected chi connectivity index (χ2v) is 5.85. The Balaban J connectivity index is 4.08. The highest BCUT2D eigenvalue weighted by Crippen LogP contribution is 2.13. The summed E-state index contributed by atoms with van der Waals surface area (Å²) < 4.78 is 57.3. The van der Waals surface area contributed by atoms with Gasteiger partial charge in [-0.05, 0) is 13.8 Å². The van der Waals surface area contributed by atoms with E-state index >= 15 is 0 Å². The van der Waals surface area contributed by atoms with Crippen LogP contribution in [0.15, 0.2) is 0 Å². The third-order valence-electron chi connectivity index (χ3n) is 1.65. The van der Waals surface area contributed by atoms with Gasteiger partial charge in [0.1, 0.15) is 0 Å². The fraction of sp³-hybridized carbons (Fsp3) is 0.857. The van der Waals surface area contributed by atoms with Crippen LogP contribution in [0.1, 0.15) is 13.8 Å². The van der Waals surface area contributed by atoms with Crippen molar-refractivity contribution < 1.29 is 26.4 Å². The summed E-state index contributed by atoms with van der Waals surface area (Å²) in [5.41, 5.74) is 0. The van der Waals surface area contributed by atoms with Gasteiger partial charge in [0.05, 0.1) is 11.0 Å². The van der Waals surface area contributed by atoms with Gasteiger partial charge in [-0.15, -0.1) is 0 Å². The summed E-state index contributed by atoms with van der Waals surface area (Å²) >= 11 is 0. The van der Waals surface area contributed by atoms with E-state index in [2.05, 4.69) is 0 Å². The molecule has 0 aromatic heterocycles. The highest BCUT2D eigenvalue weighted by Gasteiger charge is 2.38. The van der Waals surface area contributed by atoms with Gasteiger partial charge < -0.3 is 5.32 Å². The number of alkyl halides is 3. The van der Waals surface area contributed by atoms with Gasteiger partial charge >= 0.3 is 12.1 Å². The second kappa shape index (κ2) is 4.82. The lowest BCUT2D eigenvalue weighted by molar-refractivity contribution is -0.173. The molecule has 0 fully saturated rings. The summed E-state index contributed by atoms with van der Waals surface area (Å²) in [6, 6.07) is 0. The van der Waals surface area contributed by atoms with E-state index in [0.717, 1.165) is 0 Å². The number of sulfone groups is 1. The standard InChI is InChI=1S/C7H12F3NO3S/c1-5(2)15(13,14)4-3-11-6(12)7(8,9)10/h5H,3-4H2,1-2H3,(H,11,12). The first-order chi connectivity index (χ1) is 6.57. The largest absolute Gasteiger partial charge is 0.471 e. The Hall–Kier alpha value is -0.790. The van der Waals surface area contributed by atoms with E-state index in [-0.39, 0.29) is 0 Å². The molecule has 0 bridgehead atoms. The molecule has 0 saturated carbocycles. The molecule has 0 spiro atoms. The molecular formula is C7H12F3NO3S. The average Bonchev–Trinajstić information content (AvgIpc) is 2.01. The number of amides is 1. The summed E-state index contributed by atoms with van der Waals surface area (Å²) in [5.74, 6) is -2.62. The number of carbonyl (C=O) groups excluding carboxylic acids is 1. The van der Waals surface area contributed by atoms with Crippen molar-refractivity contribution in [2.75, 3.05) is 12.3 Å². The molecule has 0 rings (SSSR count). The SMILES string of the molecule is CC(C)S(=O)(=O)CCNC(=O)C(F)(F)F. The molecule has 0 aromatic carbocycles. The van der Waals surface area contributed by atoms with Crippen LogP contribution in [0.3, 0.4) is 0 Å². The van der Waals surface area contributed by atoms with E-state index in [4.69, 9.17) is 0 Å². The predicted octanol–water partition coefficient (Wildman–Crippen LogP) is 0.488. The van der Waals surface area contributed by atoms with Crippen LogP contribution in [0.25, 0.3) is 0 Å². The van der Waals surface area contributed by atoms with Gasteiger partial charge in [0.25, 0.3) is 0 Å². The maximum Gasteiger partial charge on any atom is 0.471 e. The number of rotatable bonds is 4. The summed E-state index contributed by atoms with van der Waals surface area (Å²) in [4.78, 5) is 10.3. The molecule has 0 heterocycles. The summed E-state index contributed by atoms with van der Waals surface area (Å²) in [7, 11) is -3.42. The molecule has 0 atom stereocenters. The van der Waals surface area contributed by atoms with Crippen LogP contribution in [0.2, 0.25) is 0 Å². The maximum absolute atomic E-state index is 11.7. The Morgan fingerprint density at radius 3 is 2.13 bits per heavy atom. The van der Waals surface area contributed by atoms with Gasteiger partial charge in [0, 0.05) is 6.54 Å². The quantitative estimate of drug-likeness (QED) is 0.786. The number of hydrogen-bond donors (Lipinski definition) is 1. The van der Waals surface area contributed by atoms with Gasteiger partial charge in [-0.25, -0.2) is 8.42 Å². The van der Waals surface area contributed by atoms with Crippen LogP contribution in [-0.4, -0.2) is 38.0 Å². The second-order valence-electron chi connectivity index (χ2n) is 3.17. The van der Waals surface area contributed by atoms with Crippen molar-refractivity contribution in [1.29, 1.82) is 0 Å². The van der Waals surface area contributed by atoms with Crippen LogP contribution in [0.4, 0.5) is 13.2 Å². The van der Waals surface area contributed by atoms with Crippen molar-refractivity contribution in [3.63, 3.8) is 0 Å². The van der Waals surface area contributed by atoms with Crippen molar-refractivity contribution >= 4 is 15.7 Å². The van der Waals surface area contributed by atoms with Crippen LogP contribution < -0.4 is 5.32 Å². The molecule has 0 aliphatic rings. The normalized spacial score (nSPS) is 12.9. The first-order valence-corrected chi connectivity index (χ1v) is 5.85. The van der Waals surface area contributed by atoms with Crippen LogP contribution in [0, 0.1) is 0 Å². The third-order valence-corrected chi connectivity index (χ3v) is 3.86. The Morgan fingerprint density at radius 2 is 1.80 bits per heavy atom. The lowest BCUT2D eigenvalue weighted by Gasteiger charge is -2.09. The molecule has 15 heavy (non-hydrogen) atoms. The Morgan fingerprint density at radius 1 is 1.33 bits per heavy atom. The molecule has 8 heteroatoms. The molecule has 1 amide bonds. The van der Waals surface area contributed by atoms with Crippen LogP contribution >= 0.6 is 0 Å². The molecule has 0 radical (unpaired) electrons. The van der Waals surface area contributed by atoms with E-state index in [0.29, 0.717) is 0 Å². The molecule has 0 aliphatic carbocycles. The van der Waals surface area contributed by atoms with E-state index in [1.54, 1.807) is 0 Å². The minimum absolute atomic E-state index is 0.494. The fourth-order valence-electron chi connectivity index (χ4n) is 0.643. The zero-order valence-corrected chi connectivity index (χ0v) is 9.07. The zero-order chi connectivity index (χ0) is 12.3. The topological polar surface area (TPSA) is 63.2 Å². The first kappa shape index (κ1) is 14.2. The number of hydrogen-bond acceptors (Lipinski definition) is 3. The van der Waals surface area contributed by atoms with Gasteiger partial charge in [0.15, 0.2) is 9.84 Å². The molecular weight excluding hydrogens is 235 g/mol. The minimum atomic E-state index is -4.97. The minimum Gasteiger partial charge on any atom is -0.347 e. The zero-order valence-electron chi connectivity index (χ0n) is 8.26. The average molecular weight is 247 g/mol. The monoisotopic (exact) mass is 247 g/mol. The van der Waals surface area contributed by atoms with Crippen LogP contribution in [0.5, 0.6) is 0 Å². The van der Waals surface area contributed by atoms with Crippen molar-refractivity contribution in [2.45, 2.75) is 25.3 Å². The molecule has 1 N–H and O–H groups in total. The van der Waals surface area contributed by atoms with Crippen molar-refractivity contribution in [3.05, 3.63) is 0 Å². The van der Waals surface area contributed by atoms with Gasteiger partial charge in [-0.2, -0.15) is 13.2 Å². The lowest BCUT2D eigenvalue weighted by atomic mass is 10.5. The van der Waals surface area contributed by atoms with Crippen molar-refractivity contribution in [2.24, 2.45) is 0 Å². The predicted molar refractivity (Wildman–Crippen MR) is 48.0 cm³/mol. The van der Waals surface area contributed by atoms with E-state index < -0.39 is 39.5 Å². The highest BCUT2D eigenvalue weighted by molar-refractivity contribution is 7.92. The molecule has 0 aliphatic heterocycles. The molecule has 90 valence electrons. The Kier molecular flexibility index (Phi) is 4.57. The van der Waals surface area contributed by atoms with E-state index in [1.165, 1.54) is 19.2 Å². The van der Waals surface area contributed by atoms with Crippen LogP contribution in [-0.2, 0) is 14.6 Å². The number of halogens is 3. The van der Waals surface area contributed by atoms with Gasteiger partial charge in [-0.3, -0.25) is 4.79 Å². The van der Waals surface area contributed by atoms with E-state index in [1.807, 2.05) is 0 Å². The molecule has 4 nitrogen and oxygen atoms in total. The molecule has 0 unspecified atom stereocenters. The van der Waals surface area contributed by atoms with Crippen molar-refractivity contribution in [3.8, 4) is 0 Å². The summed E-state index contributed by atoms with van der Waals surface area (Å²) in [6.45, 7) is 2.31. The van der Waals surface area contributed by atoms with Gasteiger partial charge in [0.2, 0.25) is 0 Å². The Labute approximate surface area is 85.8 Å². The fourth-order valence-corrected chi connectivity index (χ4v) is 1.50. The Bertz CT molecular complexity index is 321. The lowest BCUT2D eigenvalue weighted by Crippen LogP contribution is -2.39. The summed E-state index contributed by atoms with van der Waals surface area (Å²) in [5, 5.41) is 0.824. The molecule has 0 aromatic rings. The van der Waals surface area contributed by atoms with Crippen molar-refractivity contribution in [1.82, 2.24) is 5.32 Å². The maximum atomic E-state index is 11.7. The number of carbonyl (C=O) groups is 1.